The second-order valence-electron chi connectivity index (χ2n) is 6.92. The van der Waals surface area contributed by atoms with Crippen molar-refractivity contribution in [1.82, 2.24) is 24.5 Å². The molecule has 5 rings (SSSR count). The van der Waals surface area contributed by atoms with Crippen LogP contribution in [0.4, 0.5) is 0 Å². The standard InChI is InChI=1S/C21H19N5O2/c27-21(16-7-8-19-22-14-23-26(19)12-16)25-11-10-18-17(13-25)24-20(28-18)9-6-15-4-2-1-3-5-15/h1-5,7-8,12,14H,6,9-11,13H2. The van der Waals surface area contributed by atoms with Crippen LogP contribution < -0.4 is 0 Å². The van der Waals surface area contributed by atoms with Crippen molar-refractivity contribution < 1.29 is 9.21 Å². The third-order valence-electron chi connectivity index (χ3n) is 5.05. The first kappa shape index (κ1) is 16.7. The number of nitrogens with zero attached hydrogens (tertiary/aromatic N) is 5. The number of oxazole rings is 1. The fourth-order valence-electron chi connectivity index (χ4n) is 3.55. The van der Waals surface area contributed by atoms with Crippen molar-refractivity contribution in [2.75, 3.05) is 6.54 Å². The number of pyridine rings is 1. The van der Waals surface area contributed by atoms with Crippen LogP contribution in [-0.2, 0) is 25.8 Å². The Hall–Kier alpha value is -3.48. The molecule has 0 saturated carbocycles. The second-order valence-corrected chi connectivity index (χ2v) is 6.92. The summed E-state index contributed by atoms with van der Waals surface area (Å²) in [5.41, 5.74) is 3.44. The van der Waals surface area contributed by atoms with E-state index < -0.39 is 0 Å². The van der Waals surface area contributed by atoms with Gasteiger partial charge in [-0.2, -0.15) is 5.10 Å². The molecule has 1 amide bonds. The third kappa shape index (κ3) is 3.15. The Kier molecular flexibility index (Phi) is 4.12. The van der Waals surface area contributed by atoms with Gasteiger partial charge in [-0.25, -0.2) is 14.5 Å². The van der Waals surface area contributed by atoms with Gasteiger partial charge in [-0.15, -0.1) is 0 Å². The van der Waals surface area contributed by atoms with Gasteiger partial charge in [0, 0.05) is 25.6 Å². The Labute approximate surface area is 161 Å². The molecule has 0 fully saturated rings. The molecule has 1 aliphatic rings. The van der Waals surface area contributed by atoms with E-state index in [1.165, 1.54) is 11.9 Å². The van der Waals surface area contributed by atoms with Crippen LogP contribution in [0.2, 0.25) is 0 Å². The van der Waals surface area contributed by atoms with Crippen molar-refractivity contribution in [3.8, 4) is 0 Å². The number of benzene rings is 1. The van der Waals surface area contributed by atoms with Crippen LogP contribution in [0, 0.1) is 0 Å². The van der Waals surface area contributed by atoms with Crippen molar-refractivity contribution in [2.45, 2.75) is 25.8 Å². The van der Waals surface area contributed by atoms with E-state index in [9.17, 15) is 4.79 Å². The number of rotatable bonds is 4. The van der Waals surface area contributed by atoms with E-state index in [1.54, 1.807) is 22.8 Å². The van der Waals surface area contributed by atoms with E-state index in [0.29, 0.717) is 25.1 Å². The van der Waals surface area contributed by atoms with Crippen molar-refractivity contribution in [2.24, 2.45) is 0 Å². The molecule has 0 spiro atoms. The van der Waals surface area contributed by atoms with Gasteiger partial charge < -0.3 is 9.32 Å². The Morgan fingerprint density at radius 2 is 2.00 bits per heavy atom. The smallest absolute Gasteiger partial charge is 0.255 e. The van der Waals surface area contributed by atoms with Gasteiger partial charge in [-0.1, -0.05) is 30.3 Å². The molecule has 0 atom stereocenters. The first-order valence-corrected chi connectivity index (χ1v) is 9.36. The van der Waals surface area contributed by atoms with Crippen LogP contribution in [-0.4, -0.2) is 36.9 Å². The van der Waals surface area contributed by atoms with Crippen molar-refractivity contribution in [3.63, 3.8) is 0 Å². The molecule has 0 saturated heterocycles. The van der Waals surface area contributed by atoms with Gasteiger partial charge in [0.15, 0.2) is 11.5 Å². The molecule has 1 aliphatic heterocycles. The van der Waals surface area contributed by atoms with E-state index >= 15 is 0 Å². The monoisotopic (exact) mass is 373 g/mol. The summed E-state index contributed by atoms with van der Waals surface area (Å²) in [4.78, 5) is 23.5. The summed E-state index contributed by atoms with van der Waals surface area (Å²) < 4.78 is 7.55. The van der Waals surface area contributed by atoms with Crippen molar-refractivity contribution in [1.29, 1.82) is 0 Å². The molecule has 28 heavy (non-hydrogen) atoms. The number of hydrogen-bond acceptors (Lipinski definition) is 5. The molecule has 7 heteroatoms. The van der Waals surface area contributed by atoms with E-state index in [0.717, 1.165) is 35.8 Å². The lowest BCUT2D eigenvalue weighted by Crippen LogP contribution is -2.35. The zero-order valence-electron chi connectivity index (χ0n) is 15.3. The maximum atomic E-state index is 12.9. The number of carbonyl (C=O) groups is 1. The number of carbonyl (C=O) groups excluding carboxylic acids is 1. The molecular formula is C21H19N5O2. The quantitative estimate of drug-likeness (QED) is 0.550. The van der Waals surface area contributed by atoms with Crippen LogP contribution in [0.5, 0.6) is 0 Å². The molecule has 0 unspecified atom stereocenters. The topological polar surface area (TPSA) is 76.5 Å². The lowest BCUT2D eigenvalue weighted by atomic mass is 10.1. The number of aromatic nitrogens is 4. The second kappa shape index (κ2) is 6.92. The van der Waals surface area contributed by atoms with Gasteiger partial charge >= 0.3 is 0 Å². The molecular weight excluding hydrogens is 354 g/mol. The Morgan fingerprint density at radius 3 is 2.89 bits per heavy atom. The molecule has 0 aliphatic carbocycles. The highest BCUT2D eigenvalue weighted by atomic mass is 16.4. The maximum Gasteiger partial charge on any atom is 0.255 e. The van der Waals surface area contributed by atoms with Crippen LogP contribution in [0.15, 0.2) is 59.4 Å². The largest absolute Gasteiger partial charge is 0.445 e. The van der Waals surface area contributed by atoms with E-state index in [2.05, 4.69) is 27.2 Å². The SMILES string of the molecule is O=C(c1ccc2ncnn2c1)N1CCc2oc(CCc3ccccc3)nc2C1. The van der Waals surface area contributed by atoms with Gasteiger partial charge in [0.1, 0.15) is 17.8 Å². The van der Waals surface area contributed by atoms with E-state index in [-0.39, 0.29) is 5.91 Å². The van der Waals surface area contributed by atoms with Crippen molar-refractivity contribution in [3.05, 3.63) is 83.5 Å². The maximum absolute atomic E-state index is 12.9. The first-order valence-electron chi connectivity index (χ1n) is 9.36. The third-order valence-corrected chi connectivity index (χ3v) is 5.05. The summed E-state index contributed by atoms with van der Waals surface area (Å²) in [7, 11) is 0. The van der Waals surface area contributed by atoms with Crippen molar-refractivity contribution >= 4 is 11.6 Å². The molecule has 1 aromatic carbocycles. The molecule has 4 aromatic rings. The van der Waals surface area contributed by atoms with Gasteiger partial charge in [0.05, 0.1) is 12.1 Å². The van der Waals surface area contributed by atoms with Crippen LogP contribution in [0.25, 0.3) is 5.65 Å². The molecule has 3 aromatic heterocycles. The van der Waals surface area contributed by atoms with Crippen LogP contribution in [0.3, 0.4) is 0 Å². The van der Waals surface area contributed by atoms with Gasteiger partial charge in [-0.3, -0.25) is 4.79 Å². The van der Waals surface area contributed by atoms with E-state index in [1.807, 2.05) is 23.1 Å². The fourth-order valence-corrected chi connectivity index (χ4v) is 3.55. The zero-order chi connectivity index (χ0) is 18.9. The highest BCUT2D eigenvalue weighted by Crippen LogP contribution is 2.22. The number of amides is 1. The minimum Gasteiger partial charge on any atom is -0.445 e. The Balaban J connectivity index is 1.29. The molecule has 4 heterocycles. The summed E-state index contributed by atoms with van der Waals surface area (Å²) in [5.74, 6) is 1.61. The molecule has 0 bridgehead atoms. The average Bonchev–Trinajstić information content (AvgIpc) is 3.37. The molecule has 7 nitrogen and oxygen atoms in total. The molecule has 0 radical (unpaired) electrons. The predicted molar refractivity (Wildman–Crippen MR) is 102 cm³/mol. The summed E-state index contributed by atoms with van der Waals surface area (Å²) in [6.07, 6.45) is 5.52. The number of aryl methyl sites for hydroxylation is 2. The Morgan fingerprint density at radius 1 is 1.11 bits per heavy atom. The first-order chi connectivity index (χ1) is 13.8. The number of fused-ring (bicyclic) bond motifs is 2. The summed E-state index contributed by atoms with van der Waals surface area (Å²) >= 11 is 0. The van der Waals surface area contributed by atoms with Gasteiger partial charge in [0.25, 0.3) is 5.91 Å². The minimum atomic E-state index is -0.0307. The van der Waals surface area contributed by atoms with E-state index in [4.69, 9.17) is 4.42 Å². The lowest BCUT2D eigenvalue weighted by molar-refractivity contribution is 0.0727. The summed E-state index contributed by atoms with van der Waals surface area (Å²) in [6.45, 7) is 1.09. The van der Waals surface area contributed by atoms with Gasteiger partial charge in [-0.05, 0) is 24.1 Å². The highest BCUT2D eigenvalue weighted by molar-refractivity contribution is 5.94. The zero-order valence-corrected chi connectivity index (χ0v) is 15.3. The summed E-state index contributed by atoms with van der Waals surface area (Å²) in [6, 6.07) is 13.9. The highest BCUT2D eigenvalue weighted by Gasteiger charge is 2.26. The van der Waals surface area contributed by atoms with Gasteiger partial charge in [0.2, 0.25) is 0 Å². The van der Waals surface area contributed by atoms with Crippen LogP contribution in [0.1, 0.15) is 33.3 Å². The molecule has 0 N–H and O–H groups in total. The average molecular weight is 373 g/mol. The minimum absolute atomic E-state index is 0.0307. The molecule has 140 valence electrons. The lowest BCUT2D eigenvalue weighted by Gasteiger charge is -2.25. The van der Waals surface area contributed by atoms with Crippen LogP contribution >= 0.6 is 0 Å². The number of hydrogen-bond donors (Lipinski definition) is 0. The fraction of sp³-hybridized carbons (Fsp3) is 0.238. The summed E-state index contributed by atoms with van der Waals surface area (Å²) in [5, 5.41) is 4.10. The normalized spacial score (nSPS) is 13.6. The predicted octanol–water partition coefficient (Wildman–Crippen LogP) is 2.70. The Bertz CT molecular complexity index is 1130.